The Bertz CT molecular complexity index is 687. The minimum atomic E-state index is -3.92. The van der Waals surface area contributed by atoms with E-state index in [4.69, 9.17) is 5.02 Å². The highest BCUT2D eigenvalue weighted by Crippen LogP contribution is 2.51. The molecular weight excluding hydrogens is 307 g/mol. The van der Waals surface area contributed by atoms with Crippen molar-refractivity contribution >= 4 is 29.4 Å². The Kier molecular flexibility index (Phi) is 3.03. The highest BCUT2D eigenvalue weighted by Gasteiger charge is 2.59. The second-order valence-corrected chi connectivity index (χ2v) is 6.77. The van der Waals surface area contributed by atoms with Gasteiger partial charge in [0.05, 0.1) is 5.69 Å². The van der Waals surface area contributed by atoms with E-state index in [-0.39, 0.29) is 30.4 Å². The van der Waals surface area contributed by atoms with E-state index in [0.29, 0.717) is 7.69 Å². The highest BCUT2D eigenvalue weighted by molar-refractivity contribution is 7.94. The monoisotopic (exact) mass is 318 g/mol. The average Bonchev–Trinajstić information content (AvgIpc) is 2.97. The fraction of sp³-hybridized carbons (Fsp3) is 0.500. The molecule has 113 valence electrons. The van der Waals surface area contributed by atoms with Gasteiger partial charge in [-0.05, 0) is 6.07 Å². The maximum Gasteiger partial charge on any atom is 0.570 e. The summed E-state index contributed by atoms with van der Waals surface area (Å²) < 4.78 is 57.1. The quantitative estimate of drug-likeness (QED) is 0.799. The Balaban J connectivity index is 1.95. The maximum atomic E-state index is 13.0. The first kappa shape index (κ1) is 14.3. The number of rotatable bonds is 4. The molecule has 1 fully saturated rings. The normalized spacial score (nSPS) is 24.7. The topological polar surface area (TPSA) is 83.0 Å². The molecule has 7 nitrogen and oxygen atoms in total. The van der Waals surface area contributed by atoms with Crippen LogP contribution in [-0.4, -0.2) is 45.6 Å². The van der Waals surface area contributed by atoms with Crippen molar-refractivity contribution in [2.75, 3.05) is 22.2 Å². The molecule has 3 rings (SSSR count). The average molecular weight is 318 g/mol. The van der Waals surface area contributed by atoms with E-state index in [1.54, 1.807) is 0 Å². The summed E-state index contributed by atoms with van der Waals surface area (Å²) in [6.45, 7) is -0.291. The van der Waals surface area contributed by atoms with E-state index >= 15 is 0 Å². The van der Waals surface area contributed by atoms with Crippen molar-refractivity contribution in [3.63, 3.8) is 0 Å². The molecule has 1 aliphatic heterocycles. The molecule has 2 heterocycles. The van der Waals surface area contributed by atoms with Gasteiger partial charge in [-0.1, -0.05) is 0 Å². The smallest absolute Gasteiger partial charge is 0.523 e. The number of aromatic nitrogens is 1. The summed E-state index contributed by atoms with van der Waals surface area (Å²) in [4.78, 5) is 3.94. The predicted octanol–water partition coefficient (Wildman–Crippen LogP) is 0.143. The molecule has 0 spiro atoms. The lowest BCUT2D eigenvalue weighted by molar-refractivity contribution is 0.101. The van der Waals surface area contributed by atoms with E-state index in [1.165, 1.54) is 19.2 Å². The molecule has 0 amide bonds. The molecule has 1 unspecified atom stereocenters. The summed E-state index contributed by atoms with van der Waals surface area (Å²) in [6, 6.07) is 2.75. The molecular formula is C10H11BF2N3O4S. The number of halogens is 2. The van der Waals surface area contributed by atoms with Gasteiger partial charge in [0.2, 0.25) is 0 Å². The van der Waals surface area contributed by atoms with Gasteiger partial charge in [0.15, 0.2) is 11.7 Å². The molecule has 1 aromatic heterocycles. The lowest BCUT2D eigenvalue weighted by atomic mass is 10.3. The maximum absolute atomic E-state index is 13.0. The van der Waals surface area contributed by atoms with E-state index in [0.717, 1.165) is 8.61 Å². The number of pyridine rings is 1. The Morgan fingerprint density at radius 2 is 2.24 bits per heavy atom. The van der Waals surface area contributed by atoms with E-state index < -0.39 is 22.0 Å². The number of alkyl halides is 2. The van der Waals surface area contributed by atoms with Gasteiger partial charge in [0.1, 0.15) is 0 Å². The minimum Gasteiger partial charge on any atom is -0.523 e. The second-order valence-electron chi connectivity index (χ2n) is 4.88. The van der Waals surface area contributed by atoms with E-state index in [9.17, 15) is 17.2 Å². The van der Waals surface area contributed by atoms with Crippen LogP contribution < -0.4 is 13.3 Å². The van der Waals surface area contributed by atoms with E-state index in [2.05, 4.69) is 9.64 Å². The third-order valence-corrected chi connectivity index (χ3v) is 5.30. The number of anilines is 2. The lowest BCUT2D eigenvalue weighted by Gasteiger charge is -2.18. The molecule has 1 atom stereocenters. The molecule has 2 aliphatic rings. The van der Waals surface area contributed by atoms with Crippen molar-refractivity contribution in [2.45, 2.75) is 12.3 Å². The summed E-state index contributed by atoms with van der Waals surface area (Å²) in [5, 5.41) is 8.56. The van der Waals surface area contributed by atoms with Gasteiger partial charge in [-0.25, -0.2) is 17.4 Å². The summed E-state index contributed by atoms with van der Waals surface area (Å²) in [5.74, 6) is -3.72. The van der Waals surface area contributed by atoms with Crippen LogP contribution in [0.1, 0.15) is 6.42 Å². The first-order chi connectivity index (χ1) is 9.77. The van der Waals surface area contributed by atoms with Crippen LogP contribution in [0, 0.1) is 5.92 Å². The fourth-order valence-electron chi connectivity index (χ4n) is 2.21. The van der Waals surface area contributed by atoms with Crippen LogP contribution in [0.4, 0.5) is 20.3 Å². The van der Waals surface area contributed by atoms with Crippen LogP contribution >= 0.6 is 0 Å². The summed E-state index contributed by atoms with van der Waals surface area (Å²) in [7, 11) is -2.23. The van der Waals surface area contributed by atoms with Crippen LogP contribution in [0.15, 0.2) is 12.1 Å². The minimum absolute atomic E-state index is 0.00287. The number of nitrogens with zero attached hydrogens (tertiary/aromatic N) is 3. The Morgan fingerprint density at radius 1 is 1.57 bits per heavy atom. The first-order valence-electron chi connectivity index (χ1n) is 6.05. The molecule has 1 radical (unpaired) electrons. The lowest BCUT2D eigenvalue weighted by Crippen LogP contribution is -2.37. The zero-order chi connectivity index (χ0) is 15.4. The summed E-state index contributed by atoms with van der Waals surface area (Å²) in [6.07, 6.45) is -0.313. The fourth-order valence-corrected chi connectivity index (χ4v) is 3.62. The number of fused-ring (bicyclic) bond motifs is 1. The third kappa shape index (κ3) is 2.20. The van der Waals surface area contributed by atoms with Gasteiger partial charge in [-0.15, -0.1) is 0 Å². The van der Waals surface area contributed by atoms with Gasteiger partial charge in [-0.3, -0.25) is 0 Å². The molecule has 1 N–H and O–H groups in total. The third-order valence-electron chi connectivity index (χ3n) is 3.54. The molecule has 0 bridgehead atoms. The number of hydrogen-bond donors (Lipinski definition) is 1. The molecule has 11 heteroatoms. The summed E-state index contributed by atoms with van der Waals surface area (Å²) in [5.41, 5.74) is 0.213. The molecule has 1 aromatic rings. The van der Waals surface area contributed by atoms with Gasteiger partial charge in [0.25, 0.3) is 5.92 Å². The summed E-state index contributed by atoms with van der Waals surface area (Å²) >= 11 is 0. The van der Waals surface area contributed by atoms with Gasteiger partial charge < -0.3 is 9.68 Å². The molecule has 0 aromatic carbocycles. The van der Waals surface area contributed by atoms with Gasteiger partial charge in [-0.2, -0.15) is 13.4 Å². The van der Waals surface area contributed by atoms with Crippen LogP contribution in [0.5, 0.6) is 5.88 Å². The van der Waals surface area contributed by atoms with Crippen molar-refractivity contribution < 1.29 is 26.9 Å². The van der Waals surface area contributed by atoms with E-state index in [1.807, 2.05) is 0 Å². The molecule has 21 heavy (non-hydrogen) atoms. The van der Waals surface area contributed by atoms with Crippen molar-refractivity contribution in [1.29, 1.82) is 0 Å². The molecule has 1 saturated carbocycles. The van der Waals surface area contributed by atoms with Gasteiger partial charge >= 0.3 is 17.9 Å². The van der Waals surface area contributed by atoms with Crippen LogP contribution in [0.3, 0.4) is 0 Å². The Hall–Kier alpha value is -1.62. The van der Waals surface area contributed by atoms with Gasteiger partial charge in [0, 0.05) is 32.0 Å². The van der Waals surface area contributed by atoms with Crippen molar-refractivity contribution in [3.05, 3.63) is 12.1 Å². The Labute approximate surface area is 120 Å². The first-order valence-corrected chi connectivity index (χ1v) is 7.45. The van der Waals surface area contributed by atoms with Crippen LogP contribution in [0.2, 0.25) is 0 Å². The Morgan fingerprint density at radius 3 is 2.81 bits per heavy atom. The predicted molar refractivity (Wildman–Crippen MR) is 70.6 cm³/mol. The largest absolute Gasteiger partial charge is 0.570 e. The highest BCUT2D eigenvalue weighted by atomic mass is 32.2. The van der Waals surface area contributed by atoms with Crippen molar-refractivity contribution in [1.82, 2.24) is 4.98 Å². The molecule has 1 aliphatic carbocycles. The van der Waals surface area contributed by atoms with Crippen molar-refractivity contribution in [2.24, 2.45) is 5.92 Å². The van der Waals surface area contributed by atoms with Crippen LogP contribution in [0.25, 0.3) is 0 Å². The SMILES string of the molecule is CN1c2nc(O[B]O)ccc2N(CC2CC2(F)F)S1(=O)=O. The molecule has 0 saturated heterocycles. The number of hydrogen-bond acceptors (Lipinski definition) is 5. The van der Waals surface area contributed by atoms with Crippen LogP contribution in [-0.2, 0) is 10.2 Å². The zero-order valence-electron chi connectivity index (χ0n) is 10.9. The zero-order valence-corrected chi connectivity index (χ0v) is 11.7. The standard InChI is InChI=1S/C10H11BF2N3O4S/c1-15-9-7(2-3-8(14-9)20-11-17)16(21(15,18)19)5-6-4-10(6,12)13/h2-3,6,17H,4-5H2,1H3. The second kappa shape index (κ2) is 4.44. The van der Waals surface area contributed by atoms with Crippen molar-refractivity contribution in [3.8, 4) is 5.88 Å².